The van der Waals surface area contributed by atoms with Crippen LogP contribution in [0.1, 0.15) is 34.6 Å². The van der Waals surface area contributed by atoms with Crippen LogP contribution in [-0.2, 0) is 4.79 Å². The lowest BCUT2D eigenvalue weighted by molar-refractivity contribution is -0.110. The van der Waals surface area contributed by atoms with Crippen molar-refractivity contribution in [3.8, 4) is 5.75 Å². The number of ether oxygens (including phenoxy) is 1. The summed E-state index contributed by atoms with van der Waals surface area (Å²) in [6.45, 7) is 9.35. The quantitative estimate of drug-likeness (QED) is 0.663. The van der Waals surface area contributed by atoms with E-state index < -0.39 is 0 Å². The molecule has 0 aliphatic heterocycles. The molecule has 0 amide bonds. The molecular formula is C14H23ClN2O2. The van der Waals surface area contributed by atoms with E-state index in [0.29, 0.717) is 0 Å². The van der Waals surface area contributed by atoms with Crippen molar-refractivity contribution in [2.45, 2.75) is 34.6 Å². The van der Waals surface area contributed by atoms with E-state index in [9.17, 15) is 4.79 Å². The number of halogens is 1. The van der Waals surface area contributed by atoms with Crippen molar-refractivity contribution in [2.24, 2.45) is 5.10 Å². The number of anilines is 1. The Labute approximate surface area is 120 Å². The van der Waals surface area contributed by atoms with Gasteiger partial charge in [0, 0.05) is 6.92 Å². The molecule has 4 nitrogen and oxygen atoms in total. The number of nitrogens with zero attached hydrogens (tertiary/aromatic N) is 1. The zero-order chi connectivity index (χ0) is 15.3. The summed E-state index contributed by atoms with van der Waals surface area (Å²) in [7, 11) is 1.59. The lowest BCUT2D eigenvalue weighted by Gasteiger charge is -2.02. The van der Waals surface area contributed by atoms with E-state index in [0.717, 1.165) is 11.4 Å². The van der Waals surface area contributed by atoms with Crippen molar-refractivity contribution in [1.29, 1.82) is 0 Å². The maximum Gasteiger partial charge on any atom is 0.191 e. The second-order valence-corrected chi connectivity index (χ2v) is 3.16. The first-order valence-corrected chi connectivity index (χ1v) is 6.65. The average molecular weight is 287 g/mol. The second-order valence-electron chi connectivity index (χ2n) is 2.80. The second kappa shape index (κ2) is 12.9. The van der Waals surface area contributed by atoms with Gasteiger partial charge in [0.15, 0.2) is 11.0 Å². The van der Waals surface area contributed by atoms with Crippen LogP contribution in [0.5, 0.6) is 5.75 Å². The summed E-state index contributed by atoms with van der Waals surface area (Å²) >= 11 is 5.54. The monoisotopic (exact) mass is 286 g/mol. The number of nitrogens with one attached hydrogen (secondary N) is 1. The third kappa shape index (κ3) is 9.08. The Hall–Kier alpha value is -1.55. The van der Waals surface area contributed by atoms with E-state index in [1.807, 2.05) is 27.7 Å². The Morgan fingerprint density at radius 3 is 2.00 bits per heavy atom. The Bertz CT molecular complexity index is 376. The minimum absolute atomic E-state index is 0.0779. The Morgan fingerprint density at radius 2 is 1.63 bits per heavy atom. The summed E-state index contributed by atoms with van der Waals surface area (Å²) in [5.74, 6) is 0.472. The van der Waals surface area contributed by atoms with Crippen molar-refractivity contribution in [1.82, 2.24) is 0 Å². The molecule has 0 heterocycles. The molecule has 0 spiro atoms. The van der Waals surface area contributed by atoms with Gasteiger partial charge < -0.3 is 4.74 Å². The smallest absolute Gasteiger partial charge is 0.191 e. The minimum atomic E-state index is -0.280. The molecule has 108 valence electrons. The molecule has 0 aromatic heterocycles. The number of benzene rings is 1. The lowest BCUT2D eigenvalue weighted by Crippen LogP contribution is -2.04. The van der Waals surface area contributed by atoms with Crippen molar-refractivity contribution in [3.05, 3.63) is 24.3 Å². The van der Waals surface area contributed by atoms with Crippen LogP contribution in [0.25, 0.3) is 0 Å². The first kappa shape index (κ1) is 19.8. The summed E-state index contributed by atoms with van der Waals surface area (Å²) in [6.07, 6.45) is 0. The van der Waals surface area contributed by atoms with Gasteiger partial charge in [-0.15, -0.1) is 0 Å². The molecule has 1 aromatic carbocycles. The van der Waals surface area contributed by atoms with Crippen molar-refractivity contribution in [2.75, 3.05) is 12.5 Å². The minimum Gasteiger partial charge on any atom is -0.497 e. The number of carbonyl (C=O) groups is 1. The Kier molecular flexibility index (Phi) is 13.4. The topological polar surface area (TPSA) is 50.7 Å². The van der Waals surface area contributed by atoms with Gasteiger partial charge in [-0.1, -0.05) is 39.3 Å². The van der Waals surface area contributed by atoms with E-state index >= 15 is 0 Å². The molecule has 0 bridgehead atoms. The molecule has 1 rings (SSSR count). The molecule has 0 fully saturated rings. The number of hydrogen-bond acceptors (Lipinski definition) is 4. The lowest BCUT2D eigenvalue weighted by atomic mass is 10.3. The van der Waals surface area contributed by atoms with Gasteiger partial charge in [-0.25, -0.2) is 0 Å². The maximum absolute atomic E-state index is 10.7. The average Bonchev–Trinajstić information content (AvgIpc) is 2.49. The molecule has 0 unspecified atom stereocenters. The van der Waals surface area contributed by atoms with Crippen LogP contribution in [0.15, 0.2) is 29.4 Å². The van der Waals surface area contributed by atoms with Gasteiger partial charge in [0.1, 0.15) is 5.75 Å². The van der Waals surface area contributed by atoms with Gasteiger partial charge >= 0.3 is 0 Å². The fourth-order valence-electron chi connectivity index (χ4n) is 0.858. The van der Waals surface area contributed by atoms with Crippen LogP contribution in [0, 0.1) is 0 Å². The number of rotatable bonds is 4. The summed E-state index contributed by atoms with van der Waals surface area (Å²) in [5.41, 5.74) is 3.39. The third-order valence-corrected chi connectivity index (χ3v) is 2.01. The highest BCUT2D eigenvalue weighted by Gasteiger charge is 2.00. The van der Waals surface area contributed by atoms with E-state index in [4.69, 9.17) is 16.3 Å². The summed E-state index contributed by atoms with van der Waals surface area (Å²) in [5, 5.41) is 3.61. The molecule has 0 radical (unpaired) electrons. The SMILES string of the molecule is CC.CC.COc1ccc(N/N=C(\Cl)C(C)=O)cc1. The molecule has 1 N–H and O–H groups in total. The first-order valence-electron chi connectivity index (χ1n) is 6.27. The van der Waals surface area contributed by atoms with E-state index in [1.54, 1.807) is 31.4 Å². The number of Topliss-reactive ketones (excluding diaryl/α,β-unsaturated/α-hetero) is 1. The van der Waals surface area contributed by atoms with Crippen molar-refractivity contribution in [3.63, 3.8) is 0 Å². The highest BCUT2D eigenvalue weighted by molar-refractivity contribution is 6.82. The normalized spacial score (nSPS) is 9.32. The molecular weight excluding hydrogens is 264 g/mol. The molecule has 0 aliphatic rings. The van der Waals surface area contributed by atoms with Gasteiger partial charge in [-0.2, -0.15) is 5.10 Å². The number of hydrogen-bond donors (Lipinski definition) is 1. The van der Waals surface area contributed by atoms with Crippen molar-refractivity contribution < 1.29 is 9.53 Å². The van der Waals surface area contributed by atoms with Crippen LogP contribution >= 0.6 is 11.6 Å². The molecule has 19 heavy (non-hydrogen) atoms. The fraction of sp³-hybridized carbons (Fsp3) is 0.429. The van der Waals surface area contributed by atoms with Crippen molar-refractivity contribution >= 4 is 28.2 Å². The van der Waals surface area contributed by atoms with Gasteiger partial charge in [-0.05, 0) is 24.3 Å². The van der Waals surface area contributed by atoms with Gasteiger partial charge in [0.2, 0.25) is 0 Å². The maximum atomic E-state index is 10.7. The predicted molar refractivity (Wildman–Crippen MR) is 83.3 cm³/mol. The van der Waals surface area contributed by atoms with Gasteiger partial charge in [0.25, 0.3) is 0 Å². The summed E-state index contributed by atoms with van der Waals surface area (Å²) in [6, 6.07) is 7.10. The van der Waals surface area contributed by atoms with Gasteiger partial charge in [-0.3, -0.25) is 10.2 Å². The zero-order valence-corrected chi connectivity index (χ0v) is 13.2. The number of methoxy groups -OCH3 is 1. The van der Waals surface area contributed by atoms with Crippen LogP contribution in [0.4, 0.5) is 5.69 Å². The Morgan fingerprint density at radius 1 is 1.16 bits per heavy atom. The standard InChI is InChI=1S/C10H11ClN2O2.2C2H6/c1-7(14)10(11)13-12-8-3-5-9(15-2)6-4-8;2*1-2/h3-6,12H,1-2H3;2*1-2H3/b13-10-;;. The molecule has 0 atom stereocenters. The van der Waals surface area contributed by atoms with E-state index in [-0.39, 0.29) is 11.0 Å². The molecule has 0 saturated heterocycles. The number of ketones is 1. The largest absolute Gasteiger partial charge is 0.497 e. The summed E-state index contributed by atoms with van der Waals surface area (Å²) < 4.78 is 4.99. The van der Waals surface area contributed by atoms with Crippen LogP contribution < -0.4 is 10.2 Å². The van der Waals surface area contributed by atoms with E-state index in [2.05, 4.69) is 10.5 Å². The van der Waals surface area contributed by atoms with Gasteiger partial charge in [0.05, 0.1) is 12.8 Å². The highest BCUT2D eigenvalue weighted by Crippen LogP contribution is 2.14. The van der Waals surface area contributed by atoms with Crippen LogP contribution in [-0.4, -0.2) is 18.1 Å². The number of hydrazone groups is 1. The van der Waals surface area contributed by atoms with Crippen LogP contribution in [0.2, 0.25) is 0 Å². The molecule has 0 aliphatic carbocycles. The molecule has 5 heteroatoms. The summed E-state index contributed by atoms with van der Waals surface area (Å²) in [4.78, 5) is 10.7. The van der Waals surface area contributed by atoms with E-state index in [1.165, 1.54) is 6.92 Å². The zero-order valence-electron chi connectivity index (χ0n) is 12.5. The Balaban J connectivity index is 0. The first-order chi connectivity index (χ1) is 9.13. The number of carbonyl (C=O) groups excluding carboxylic acids is 1. The predicted octanol–water partition coefficient (Wildman–Crippen LogP) is 4.30. The fourth-order valence-corrected chi connectivity index (χ4v) is 0.900. The highest BCUT2D eigenvalue weighted by atomic mass is 35.5. The molecule has 0 saturated carbocycles. The van der Waals surface area contributed by atoms with Crippen LogP contribution in [0.3, 0.4) is 0 Å². The molecule has 1 aromatic rings. The third-order valence-electron chi connectivity index (χ3n) is 1.66.